The van der Waals surface area contributed by atoms with Crippen LogP contribution in [0.5, 0.6) is 0 Å². The molecule has 1 atom stereocenters. The second kappa shape index (κ2) is 7.70. The zero-order chi connectivity index (χ0) is 19.6. The van der Waals surface area contributed by atoms with Crippen molar-refractivity contribution in [2.75, 3.05) is 6.54 Å². The molecule has 146 valence electrons. The Kier molecular flexibility index (Phi) is 5.12. The van der Waals surface area contributed by atoms with E-state index < -0.39 is 11.7 Å². The molecule has 0 radical (unpaired) electrons. The third kappa shape index (κ3) is 4.06. The van der Waals surface area contributed by atoms with Crippen molar-refractivity contribution in [1.82, 2.24) is 30.9 Å². The third-order valence-electron chi connectivity index (χ3n) is 4.69. The summed E-state index contributed by atoms with van der Waals surface area (Å²) < 4.78 is 41.2. The standard InChI is InChI=1S/C19H19F3N6/c20-19(21,22)15-4-2-1-3-13(15)6-8-28-11-18(24-12-28)16-9-14(5-7-23-16)17-10-25-27-26-17/h1-5,7,9,11-12,17,25-27H,6,8,10H2. The van der Waals surface area contributed by atoms with Gasteiger partial charge in [-0.25, -0.2) is 15.8 Å². The number of alkyl halides is 3. The predicted molar refractivity (Wildman–Crippen MR) is 97.6 cm³/mol. The molecule has 0 aliphatic carbocycles. The monoisotopic (exact) mass is 388 g/mol. The van der Waals surface area contributed by atoms with E-state index in [-0.39, 0.29) is 18.0 Å². The molecule has 0 bridgehead atoms. The van der Waals surface area contributed by atoms with E-state index in [0.717, 1.165) is 23.9 Å². The van der Waals surface area contributed by atoms with Crippen LogP contribution in [0.4, 0.5) is 13.2 Å². The second-order valence-electron chi connectivity index (χ2n) is 6.58. The van der Waals surface area contributed by atoms with Crippen molar-refractivity contribution in [3.05, 3.63) is 71.8 Å². The van der Waals surface area contributed by atoms with Gasteiger partial charge in [-0.1, -0.05) is 18.2 Å². The van der Waals surface area contributed by atoms with Crippen LogP contribution in [0, 0.1) is 0 Å². The van der Waals surface area contributed by atoms with Gasteiger partial charge in [0.15, 0.2) is 0 Å². The van der Waals surface area contributed by atoms with Gasteiger partial charge in [-0.15, -0.1) is 0 Å². The third-order valence-corrected chi connectivity index (χ3v) is 4.69. The van der Waals surface area contributed by atoms with Gasteiger partial charge in [-0.05, 0) is 35.7 Å². The smallest absolute Gasteiger partial charge is 0.336 e. The van der Waals surface area contributed by atoms with E-state index in [1.165, 1.54) is 12.1 Å². The summed E-state index contributed by atoms with van der Waals surface area (Å²) in [5, 5.41) is 0. The van der Waals surface area contributed by atoms with Crippen molar-refractivity contribution in [1.29, 1.82) is 0 Å². The highest BCUT2D eigenvalue weighted by molar-refractivity contribution is 5.54. The molecule has 1 aliphatic heterocycles. The molecule has 4 rings (SSSR count). The number of hydrogen-bond donors (Lipinski definition) is 3. The fraction of sp³-hybridized carbons (Fsp3) is 0.263. The topological polar surface area (TPSA) is 66.8 Å². The number of nitrogens with one attached hydrogen (secondary N) is 3. The Morgan fingerprint density at radius 2 is 1.96 bits per heavy atom. The van der Waals surface area contributed by atoms with Crippen LogP contribution in [0.1, 0.15) is 22.7 Å². The molecule has 28 heavy (non-hydrogen) atoms. The first-order valence-electron chi connectivity index (χ1n) is 8.87. The molecular formula is C19H19F3N6. The van der Waals surface area contributed by atoms with Crippen LogP contribution in [-0.4, -0.2) is 21.1 Å². The predicted octanol–water partition coefficient (Wildman–Crippen LogP) is 2.86. The maximum Gasteiger partial charge on any atom is 0.416 e. The maximum absolute atomic E-state index is 13.1. The van der Waals surface area contributed by atoms with E-state index in [2.05, 4.69) is 26.4 Å². The van der Waals surface area contributed by atoms with Gasteiger partial charge in [0.1, 0.15) is 5.69 Å². The normalized spacial score (nSPS) is 17.2. The van der Waals surface area contributed by atoms with Gasteiger partial charge in [0.05, 0.1) is 23.6 Å². The molecule has 3 heterocycles. The highest BCUT2D eigenvalue weighted by Gasteiger charge is 2.32. The average molecular weight is 388 g/mol. The highest BCUT2D eigenvalue weighted by atomic mass is 19.4. The molecule has 0 spiro atoms. The summed E-state index contributed by atoms with van der Waals surface area (Å²) in [6, 6.07) is 9.68. The van der Waals surface area contributed by atoms with Crippen LogP contribution >= 0.6 is 0 Å². The van der Waals surface area contributed by atoms with E-state index in [0.29, 0.717) is 12.2 Å². The number of benzene rings is 1. The van der Waals surface area contributed by atoms with Crippen molar-refractivity contribution in [3.63, 3.8) is 0 Å². The SMILES string of the molecule is FC(F)(F)c1ccccc1CCn1cnc(-c2cc(C3CNNN3)ccn2)c1. The van der Waals surface area contributed by atoms with Gasteiger partial charge in [0.2, 0.25) is 0 Å². The molecule has 1 unspecified atom stereocenters. The molecule has 1 aliphatic rings. The van der Waals surface area contributed by atoms with Crippen LogP contribution in [0.25, 0.3) is 11.4 Å². The molecule has 0 amide bonds. The quantitative estimate of drug-likeness (QED) is 0.627. The Morgan fingerprint density at radius 1 is 1.11 bits per heavy atom. The number of aromatic nitrogens is 3. The number of aryl methyl sites for hydroxylation is 2. The van der Waals surface area contributed by atoms with Gasteiger partial charge in [0.25, 0.3) is 0 Å². The maximum atomic E-state index is 13.1. The molecule has 1 aromatic carbocycles. The fourth-order valence-electron chi connectivity index (χ4n) is 3.23. The first-order chi connectivity index (χ1) is 13.5. The fourth-order valence-corrected chi connectivity index (χ4v) is 3.23. The molecule has 1 fully saturated rings. The van der Waals surface area contributed by atoms with Gasteiger partial charge in [0, 0.05) is 25.5 Å². The minimum Gasteiger partial charge on any atom is -0.336 e. The molecule has 1 saturated heterocycles. The summed E-state index contributed by atoms with van der Waals surface area (Å²) in [4.78, 5) is 8.73. The van der Waals surface area contributed by atoms with E-state index in [4.69, 9.17) is 0 Å². The lowest BCUT2D eigenvalue weighted by Crippen LogP contribution is -2.30. The summed E-state index contributed by atoms with van der Waals surface area (Å²) >= 11 is 0. The summed E-state index contributed by atoms with van der Waals surface area (Å²) in [6.07, 6.45) is 1.07. The molecule has 9 heteroatoms. The number of halogens is 3. The van der Waals surface area contributed by atoms with Gasteiger partial charge >= 0.3 is 6.18 Å². The molecule has 2 aromatic heterocycles. The number of hydrazine groups is 2. The number of rotatable bonds is 5. The van der Waals surface area contributed by atoms with Gasteiger partial charge < -0.3 is 4.57 Å². The Balaban J connectivity index is 1.48. The number of imidazole rings is 1. The Bertz CT molecular complexity index is 947. The van der Waals surface area contributed by atoms with Crippen molar-refractivity contribution < 1.29 is 13.2 Å². The van der Waals surface area contributed by atoms with Gasteiger partial charge in [-0.2, -0.15) is 18.7 Å². The molecular weight excluding hydrogens is 369 g/mol. The Labute approximate surface area is 159 Å². The van der Waals surface area contributed by atoms with Crippen molar-refractivity contribution in [3.8, 4) is 11.4 Å². The van der Waals surface area contributed by atoms with Gasteiger partial charge in [-0.3, -0.25) is 4.98 Å². The molecule has 3 N–H and O–H groups in total. The first-order valence-corrected chi connectivity index (χ1v) is 8.87. The lowest BCUT2D eigenvalue weighted by molar-refractivity contribution is -0.138. The Morgan fingerprint density at radius 3 is 2.75 bits per heavy atom. The zero-order valence-electron chi connectivity index (χ0n) is 14.9. The van der Waals surface area contributed by atoms with Crippen LogP contribution in [0.2, 0.25) is 0 Å². The number of hydrogen-bond acceptors (Lipinski definition) is 5. The largest absolute Gasteiger partial charge is 0.416 e. The number of pyridine rings is 1. The van der Waals surface area contributed by atoms with E-state index in [1.54, 1.807) is 29.4 Å². The van der Waals surface area contributed by atoms with Crippen LogP contribution in [0.15, 0.2) is 55.1 Å². The summed E-state index contributed by atoms with van der Waals surface area (Å²) in [5.41, 5.74) is 11.1. The average Bonchev–Trinajstić information content (AvgIpc) is 3.38. The van der Waals surface area contributed by atoms with E-state index in [9.17, 15) is 13.2 Å². The van der Waals surface area contributed by atoms with Crippen molar-refractivity contribution >= 4 is 0 Å². The lowest BCUT2D eigenvalue weighted by Gasteiger charge is -2.12. The molecule has 0 saturated carbocycles. The summed E-state index contributed by atoms with van der Waals surface area (Å²) in [5.74, 6) is 0. The highest BCUT2D eigenvalue weighted by Crippen LogP contribution is 2.32. The summed E-state index contributed by atoms with van der Waals surface area (Å²) in [7, 11) is 0. The molecule has 6 nitrogen and oxygen atoms in total. The zero-order valence-corrected chi connectivity index (χ0v) is 14.9. The minimum absolute atomic E-state index is 0.128. The van der Waals surface area contributed by atoms with Crippen molar-refractivity contribution in [2.24, 2.45) is 0 Å². The van der Waals surface area contributed by atoms with Crippen molar-refractivity contribution in [2.45, 2.75) is 25.2 Å². The lowest BCUT2D eigenvalue weighted by atomic mass is 10.0. The van der Waals surface area contributed by atoms with E-state index in [1.807, 2.05) is 12.1 Å². The van der Waals surface area contributed by atoms with Crippen LogP contribution < -0.4 is 16.4 Å². The second-order valence-corrected chi connectivity index (χ2v) is 6.58. The number of nitrogens with zero attached hydrogens (tertiary/aromatic N) is 3. The minimum atomic E-state index is -4.35. The Hall–Kier alpha value is -2.75. The first kappa shape index (κ1) is 18.6. The molecule has 3 aromatic rings. The summed E-state index contributed by atoms with van der Waals surface area (Å²) in [6.45, 7) is 1.15. The van der Waals surface area contributed by atoms with E-state index >= 15 is 0 Å². The van der Waals surface area contributed by atoms with Crippen LogP contribution in [-0.2, 0) is 19.1 Å². The van der Waals surface area contributed by atoms with Crippen LogP contribution in [0.3, 0.4) is 0 Å².